The average molecular weight is 223 g/mol. The minimum atomic E-state index is 0.0187. The average Bonchev–Trinajstić information content (AvgIpc) is 2.55. The lowest BCUT2D eigenvalue weighted by Crippen LogP contribution is -2.32. The topological polar surface area (TPSA) is 39.1 Å². The first-order chi connectivity index (χ1) is 7.80. The lowest BCUT2D eigenvalue weighted by atomic mass is 9.98. The SMILES string of the molecule is CCC1CCCN(CCC(C#N)NC)CC1. The molecule has 16 heavy (non-hydrogen) atoms. The fraction of sp³-hybridized carbons (Fsp3) is 0.923. The van der Waals surface area contributed by atoms with Crippen LogP contribution in [0.1, 0.15) is 39.0 Å². The van der Waals surface area contributed by atoms with E-state index in [1.165, 1.54) is 38.8 Å². The van der Waals surface area contributed by atoms with Gasteiger partial charge in [0.15, 0.2) is 0 Å². The van der Waals surface area contributed by atoms with Gasteiger partial charge < -0.3 is 10.2 Å². The maximum atomic E-state index is 8.86. The van der Waals surface area contributed by atoms with Crippen molar-refractivity contribution in [1.82, 2.24) is 10.2 Å². The van der Waals surface area contributed by atoms with Crippen LogP contribution >= 0.6 is 0 Å². The van der Waals surface area contributed by atoms with Crippen molar-refractivity contribution in [3.05, 3.63) is 0 Å². The van der Waals surface area contributed by atoms with E-state index in [0.717, 1.165) is 18.9 Å². The Balaban J connectivity index is 2.25. The molecule has 1 aliphatic rings. The largest absolute Gasteiger partial charge is 0.305 e. The van der Waals surface area contributed by atoms with Gasteiger partial charge in [-0.1, -0.05) is 13.3 Å². The molecule has 0 aromatic rings. The third-order valence-electron chi connectivity index (χ3n) is 3.76. The second-order valence-electron chi connectivity index (χ2n) is 4.81. The first-order valence-corrected chi connectivity index (χ1v) is 6.59. The minimum Gasteiger partial charge on any atom is -0.305 e. The van der Waals surface area contributed by atoms with Gasteiger partial charge in [0, 0.05) is 6.54 Å². The zero-order chi connectivity index (χ0) is 11.8. The summed E-state index contributed by atoms with van der Waals surface area (Å²) >= 11 is 0. The molecule has 0 saturated carbocycles. The quantitative estimate of drug-likeness (QED) is 0.775. The summed E-state index contributed by atoms with van der Waals surface area (Å²) in [5.41, 5.74) is 0. The van der Waals surface area contributed by atoms with E-state index in [4.69, 9.17) is 5.26 Å². The predicted molar refractivity (Wildman–Crippen MR) is 67.1 cm³/mol. The zero-order valence-corrected chi connectivity index (χ0v) is 10.7. The molecule has 0 aliphatic carbocycles. The molecule has 1 saturated heterocycles. The Morgan fingerprint density at radius 3 is 2.88 bits per heavy atom. The van der Waals surface area contributed by atoms with E-state index >= 15 is 0 Å². The predicted octanol–water partition coefficient (Wildman–Crippen LogP) is 2.00. The van der Waals surface area contributed by atoms with Crippen molar-refractivity contribution < 1.29 is 0 Å². The Bertz CT molecular complexity index is 222. The molecular formula is C13H25N3. The van der Waals surface area contributed by atoms with Crippen molar-refractivity contribution >= 4 is 0 Å². The van der Waals surface area contributed by atoms with E-state index in [0.29, 0.717) is 0 Å². The molecule has 3 heteroatoms. The third-order valence-corrected chi connectivity index (χ3v) is 3.76. The minimum absolute atomic E-state index is 0.0187. The highest BCUT2D eigenvalue weighted by Gasteiger charge is 2.16. The normalized spacial score (nSPS) is 24.7. The van der Waals surface area contributed by atoms with Gasteiger partial charge in [0.05, 0.1) is 12.1 Å². The molecule has 3 nitrogen and oxygen atoms in total. The zero-order valence-electron chi connectivity index (χ0n) is 10.7. The summed E-state index contributed by atoms with van der Waals surface area (Å²) in [7, 11) is 1.86. The smallest absolute Gasteiger partial charge is 0.0962 e. The van der Waals surface area contributed by atoms with Crippen molar-refractivity contribution in [2.45, 2.75) is 45.1 Å². The van der Waals surface area contributed by atoms with Gasteiger partial charge in [-0.2, -0.15) is 5.26 Å². The summed E-state index contributed by atoms with van der Waals surface area (Å²) in [6.45, 7) is 5.81. The lowest BCUT2D eigenvalue weighted by Gasteiger charge is -2.21. The van der Waals surface area contributed by atoms with Crippen molar-refractivity contribution in [3.63, 3.8) is 0 Å². The maximum Gasteiger partial charge on any atom is 0.0962 e. The van der Waals surface area contributed by atoms with Crippen LogP contribution in [-0.2, 0) is 0 Å². The number of likely N-dealkylation sites (tertiary alicyclic amines) is 1. The van der Waals surface area contributed by atoms with Gasteiger partial charge in [-0.25, -0.2) is 0 Å². The van der Waals surface area contributed by atoms with Crippen LogP contribution < -0.4 is 5.32 Å². The van der Waals surface area contributed by atoms with E-state index in [1.54, 1.807) is 0 Å². The molecule has 1 aliphatic heterocycles. The Hall–Kier alpha value is -0.590. The Morgan fingerprint density at radius 2 is 2.25 bits per heavy atom. The van der Waals surface area contributed by atoms with E-state index in [2.05, 4.69) is 23.2 Å². The third kappa shape index (κ3) is 4.51. The molecule has 0 spiro atoms. The Labute approximate surface area is 99.8 Å². The number of nitrogens with zero attached hydrogens (tertiary/aromatic N) is 2. The first-order valence-electron chi connectivity index (χ1n) is 6.59. The summed E-state index contributed by atoms with van der Waals surface area (Å²) in [6, 6.07) is 2.31. The fourth-order valence-corrected chi connectivity index (χ4v) is 2.44. The molecule has 1 N–H and O–H groups in total. The summed E-state index contributed by atoms with van der Waals surface area (Å²) in [6.07, 6.45) is 6.33. The van der Waals surface area contributed by atoms with Crippen LogP contribution in [0.25, 0.3) is 0 Å². The van der Waals surface area contributed by atoms with E-state index < -0.39 is 0 Å². The number of nitriles is 1. The van der Waals surface area contributed by atoms with Crippen molar-refractivity contribution in [2.75, 3.05) is 26.7 Å². The lowest BCUT2D eigenvalue weighted by molar-refractivity contribution is 0.270. The number of hydrogen-bond donors (Lipinski definition) is 1. The van der Waals surface area contributed by atoms with Crippen LogP contribution in [0.5, 0.6) is 0 Å². The molecule has 1 heterocycles. The van der Waals surface area contributed by atoms with Crippen molar-refractivity contribution in [3.8, 4) is 6.07 Å². The van der Waals surface area contributed by atoms with Gasteiger partial charge in [0.1, 0.15) is 0 Å². The van der Waals surface area contributed by atoms with Crippen LogP contribution in [0, 0.1) is 17.2 Å². The van der Waals surface area contributed by atoms with Crippen molar-refractivity contribution in [1.29, 1.82) is 5.26 Å². The molecule has 2 unspecified atom stereocenters. The molecule has 0 aromatic heterocycles. The molecule has 1 rings (SSSR count). The summed E-state index contributed by atoms with van der Waals surface area (Å²) in [4.78, 5) is 2.53. The maximum absolute atomic E-state index is 8.86. The van der Waals surface area contributed by atoms with Gasteiger partial charge in [0.2, 0.25) is 0 Å². The summed E-state index contributed by atoms with van der Waals surface area (Å²) < 4.78 is 0. The first kappa shape index (κ1) is 13.5. The van der Waals surface area contributed by atoms with E-state index in [1.807, 2.05) is 7.05 Å². The van der Waals surface area contributed by atoms with Gasteiger partial charge in [-0.3, -0.25) is 0 Å². The molecule has 1 fully saturated rings. The highest BCUT2D eigenvalue weighted by Crippen LogP contribution is 2.20. The second-order valence-corrected chi connectivity index (χ2v) is 4.81. The second kappa shape index (κ2) is 7.65. The van der Waals surface area contributed by atoms with Crippen LogP contribution in [-0.4, -0.2) is 37.6 Å². The Morgan fingerprint density at radius 1 is 1.44 bits per heavy atom. The van der Waals surface area contributed by atoms with Crippen LogP contribution in [0.15, 0.2) is 0 Å². The fourth-order valence-electron chi connectivity index (χ4n) is 2.44. The molecule has 0 amide bonds. The van der Waals surface area contributed by atoms with Crippen LogP contribution in [0.3, 0.4) is 0 Å². The number of nitrogens with one attached hydrogen (secondary N) is 1. The van der Waals surface area contributed by atoms with Gasteiger partial charge >= 0.3 is 0 Å². The number of rotatable bonds is 5. The van der Waals surface area contributed by atoms with Gasteiger partial charge in [-0.05, 0) is 51.7 Å². The van der Waals surface area contributed by atoms with Crippen LogP contribution in [0.4, 0.5) is 0 Å². The summed E-state index contributed by atoms with van der Waals surface area (Å²) in [5, 5.41) is 11.9. The van der Waals surface area contributed by atoms with E-state index in [-0.39, 0.29) is 6.04 Å². The van der Waals surface area contributed by atoms with Gasteiger partial charge in [0.25, 0.3) is 0 Å². The van der Waals surface area contributed by atoms with E-state index in [9.17, 15) is 0 Å². The van der Waals surface area contributed by atoms with Crippen LogP contribution in [0.2, 0.25) is 0 Å². The standard InChI is InChI=1S/C13H25N3/c1-3-12-5-4-8-16(9-6-12)10-7-13(11-14)15-2/h12-13,15H,3-10H2,1-2H3. The molecule has 92 valence electrons. The summed E-state index contributed by atoms with van der Waals surface area (Å²) in [5.74, 6) is 0.932. The number of hydrogen-bond acceptors (Lipinski definition) is 3. The highest BCUT2D eigenvalue weighted by molar-refractivity contribution is 4.89. The monoisotopic (exact) mass is 223 g/mol. The molecule has 0 bridgehead atoms. The highest BCUT2D eigenvalue weighted by atomic mass is 15.1. The van der Waals surface area contributed by atoms with Gasteiger partial charge in [-0.15, -0.1) is 0 Å². The molecular weight excluding hydrogens is 198 g/mol. The molecule has 0 aromatic carbocycles. The van der Waals surface area contributed by atoms with Crippen molar-refractivity contribution in [2.24, 2.45) is 5.92 Å². The Kier molecular flexibility index (Phi) is 6.44. The molecule has 2 atom stereocenters. The molecule has 0 radical (unpaired) electrons.